The number of nitrogens with zero attached hydrogens (tertiary/aromatic N) is 2. The molecule has 0 radical (unpaired) electrons. The van der Waals surface area contributed by atoms with E-state index in [1.165, 1.54) is 44.8 Å². The van der Waals surface area contributed by atoms with Crippen LogP contribution in [0.4, 0.5) is 11.4 Å². The highest BCUT2D eigenvalue weighted by molar-refractivity contribution is 5.79. The molecule has 0 saturated heterocycles. The van der Waals surface area contributed by atoms with Gasteiger partial charge in [0.1, 0.15) is 0 Å². The van der Waals surface area contributed by atoms with E-state index in [2.05, 4.69) is 219 Å². The van der Waals surface area contributed by atoms with Gasteiger partial charge in [-0.25, -0.2) is 0 Å². The normalized spacial score (nSPS) is 13.1. The summed E-state index contributed by atoms with van der Waals surface area (Å²) in [6.45, 7) is 9.03. The summed E-state index contributed by atoms with van der Waals surface area (Å²) in [7, 11) is 0. The first-order chi connectivity index (χ1) is 24.0. The van der Waals surface area contributed by atoms with Gasteiger partial charge in [0, 0.05) is 39.6 Å². The van der Waals surface area contributed by atoms with Crippen molar-refractivity contribution in [2.24, 2.45) is 0 Å². The van der Waals surface area contributed by atoms with Crippen LogP contribution in [0.2, 0.25) is 0 Å². The van der Waals surface area contributed by atoms with E-state index in [0.717, 1.165) is 22.8 Å². The second kappa shape index (κ2) is 13.7. The molecule has 1 aliphatic rings. The van der Waals surface area contributed by atoms with E-state index in [4.69, 9.17) is 0 Å². The zero-order valence-electron chi connectivity index (χ0n) is 28.7. The quantitative estimate of drug-likeness (QED) is 0.159. The highest BCUT2D eigenvalue weighted by Gasteiger charge is 2.32. The van der Waals surface area contributed by atoms with Crippen molar-refractivity contribution in [1.82, 2.24) is 4.57 Å². The maximum atomic E-state index is 2.41. The lowest BCUT2D eigenvalue weighted by Gasteiger charge is -2.36. The van der Waals surface area contributed by atoms with Gasteiger partial charge in [0.05, 0.1) is 0 Å². The zero-order valence-corrected chi connectivity index (χ0v) is 28.7. The molecule has 0 amide bonds. The Morgan fingerprint density at radius 1 is 0.551 bits per heavy atom. The molecule has 2 heteroatoms. The van der Waals surface area contributed by atoms with Crippen molar-refractivity contribution in [3.63, 3.8) is 0 Å². The third kappa shape index (κ3) is 6.26. The Kier molecular flexibility index (Phi) is 8.87. The van der Waals surface area contributed by atoms with E-state index < -0.39 is 0 Å². The van der Waals surface area contributed by atoms with Gasteiger partial charge >= 0.3 is 0 Å². The van der Waals surface area contributed by atoms with Gasteiger partial charge < -0.3 is 9.47 Å². The fourth-order valence-corrected chi connectivity index (χ4v) is 7.16. The van der Waals surface area contributed by atoms with Gasteiger partial charge in [0.15, 0.2) is 0 Å². The molecule has 49 heavy (non-hydrogen) atoms. The Hall–Kier alpha value is -5.86. The molecular formula is C47H42N2. The second-order valence-corrected chi connectivity index (χ2v) is 13.0. The minimum Gasteiger partial charge on any atom is -0.314 e. The van der Waals surface area contributed by atoms with Gasteiger partial charge in [-0.05, 0) is 95.8 Å². The molecule has 6 aromatic rings. The first-order valence-electron chi connectivity index (χ1n) is 17.1. The summed E-state index contributed by atoms with van der Waals surface area (Å²) in [6.07, 6.45) is 6.72. The Morgan fingerprint density at radius 2 is 1.04 bits per heavy atom. The third-order valence-corrected chi connectivity index (χ3v) is 9.63. The van der Waals surface area contributed by atoms with Crippen LogP contribution >= 0.6 is 0 Å². The molecule has 1 aromatic heterocycles. The maximum absolute atomic E-state index is 2.41. The van der Waals surface area contributed by atoms with Gasteiger partial charge in [-0.15, -0.1) is 0 Å². The van der Waals surface area contributed by atoms with Crippen LogP contribution in [0, 0.1) is 6.92 Å². The average molecular weight is 635 g/mol. The van der Waals surface area contributed by atoms with Gasteiger partial charge in [0.2, 0.25) is 0 Å². The standard InChI is InChI=1S/C47H42N2/c1-5-40(31-32-41-25-13-8-14-28-44-35(2)48(41)46-30-16-15-29-45(46)47(44,3)4)49(42-26-17-23-38(33-42)36-19-9-6-10-20-36)43-27-18-24-39(34-43)37-21-11-7-12-22-37/h5-34H,1-4H3/b13-8?,28-14?,32-31-,40-5+,41-25?. The molecule has 2 bridgehead atoms. The van der Waals surface area contributed by atoms with Crippen molar-refractivity contribution >= 4 is 17.5 Å². The Bertz CT molecular complexity index is 2130. The molecule has 1 aliphatic heterocycles. The first kappa shape index (κ1) is 31.7. The van der Waals surface area contributed by atoms with Crippen LogP contribution in [-0.2, 0) is 5.41 Å². The summed E-state index contributed by atoms with van der Waals surface area (Å²) >= 11 is 0. The number of fused-ring (bicyclic) bond motifs is 4. The largest absolute Gasteiger partial charge is 0.314 e. The summed E-state index contributed by atoms with van der Waals surface area (Å²) in [6, 6.07) is 58.6. The van der Waals surface area contributed by atoms with E-state index in [1.807, 2.05) is 0 Å². The smallest absolute Gasteiger partial charge is 0.0499 e. The highest BCUT2D eigenvalue weighted by atomic mass is 15.1. The summed E-state index contributed by atoms with van der Waals surface area (Å²) in [5.74, 6) is 0. The first-order valence-corrected chi connectivity index (χ1v) is 17.1. The summed E-state index contributed by atoms with van der Waals surface area (Å²) in [4.78, 5) is 2.36. The van der Waals surface area contributed by atoms with Crippen molar-refractivity contribution in [3.05, 3.63) is 204 Å². The molecule has 0 aliphatic carbocycles. The SMILES string of the molecule is C/C=C(\C=C/c1cccccc2c(C)n1-c1ccccc1C2(C)C)N(c1cccc(-c2ccccc2)c1)c1cccc(-c2ccccc2)c1. The number of benzene rings is 5. The summed E-state index contributed by atoms with van der Waals surface area (Å²) in [5.41, 5.74) is 14.1. The van der Waals surface area contributed by atoms with Gasteiger partial charge in [-0.3, -0.25) is 0 Å². The Labute approximate surface area is 291 Å². The predicted octanol–water partition coefficient (Wildman–Crippen LogP) is 12.6. The lowest BCUT2D eigenvalue weighted by molar-refractivity contribution is 0.603. The number of rotatable bonds is 7. The summed E-state index contributed by atoms with van der Waals surface area (Å²) < 4.78 is 2.41. The number of hydrogen-bond donors (Lipinski definition) is 0. The number of para-hydroxylation sites is 1. The third-order valence-electron chi connectivity index (χ3n) is 9.63. The van der Waals surface area contributed by atoms with E-state index in [1.54, 1.807) is 0 Å². The van der Waals surface area contributed by atoms with Crippen LogP contribution in [-0.4, -0.2) is 4.57 Å². The molecule has 0 unspecified atom stereocenters. The van der Waals surface area contributed by atoms with E-state index in [9.17, 15) is 0 Å². The lowest BCUT2D eigenvalue weighted by atomic mass is 9.75. The van der Waals surface area contributed by atoms with Crippen LogP contribution < -0.4 is 4.90 Å². The van der Waals surface area contributed by atoms with E-state index in [0.29, 0.717) is 0 Å². The fraction of sp³-hybridized carbons (Fsp3) is 0.106. The minimum absolute atomic E-state index is 0.112. The van der Waals surface area contributed by atoms with Crippen LogP contribution in [0.3, 0.4) is 0 Å². The van der Waals surface area contributed by atoms with Crippen LogP contribution in [0.25, 0.3) is 34.0 Å². The highest BCUT2D eigenvalue weighted by Crippen LogP contribution is 2.42. The van der Waals surface area contributed by atoms with Crippen molar-refractivity contribution in [2.45, 2.75) is 33.1 Å². The topological polar surface area (TPSA) is 8.17 Å². The van der Waals surface area contributed by atoms with Crippen molar-refractivity contribution in [1.29, 1.82) is 0 Å². The molecule has 2 nitrogen and oxygen atoms in total. The van der Waals surface area contributed by atoms with Gasteiger partial charge in [0.25, 0.3) is 0 Å². The second-order valence-electron chi connectivity index (χ2n) is 13.0. The molecule has 5 aromatic carbocycles. The van der Waals surface area contributed by atoms with E-state index >= 15 is 0 Å². The monoisotopic (exact) mass is 634 g/mol. The fourth-order valence-electron chi connectivity index (χ4n) is 7.16. The number of hydrogen-bond acceptors (Lipinski definition) is 1. The molecule has 0 saturated carbocycles. The molecule has 0 atom stereocenters. The molecule has 0 fully saturated rings. The summed E-state index contributed by atoms with van der Waals surface area (Å²) in [5, 5.41) is 0. The molecule has 7 rings (SSSR count). The average Bonchev–Trinajstić information content (AvgIpc) is 3.21. The molecule has 240 valence electrons. The Morgan fingerprint density at radius 3 is 1.63 bits per heavy atom. The molecule has 0 N–H and O–H groups in total. The zero-order chi connectivity index (χ0) is 33.8. The maximum Gasteiger partial charge on any atom is 0.0499 e. The molecule has 2 heterocycles. The van der Waals surface area contributed by atoms with E-state index in [-0.39, 0.29) is 5.41 Å². The van der Waals surface area contributed by atoms with Gasteiger partial charge in [-0.1, -0.05) is 147 Å². The van der Waals surface area contributed by atoms with Crippen molar-refractivity contribution in [2.75, 3.05) is 4.90 Å². The predicted molar refractivity (Wildman–Crippen MR) is 209 cm³/mol. The Balaban J connectivity index is 1.40. The lowest BCUT2D eigenvalue weighted by Crippen LogP contribution is -2.28. The number of aromatic nitrogens is 1. The van der Waals surface area contributed by atoms with Crippen molar-refractivity contribution in [3.8, 4) is 27.9 Å². The molecular weight excluding hydrogens is 593 g/mol. The molecule has 0 spiro atoms. The van der Waals surface area contributed by atoms with Crippen LogP contribution in [0.1, 0.15) is 43.3 Å². The minimum atomic E-state index is -0.112. The van der Waals surface area contributed by atoms with Crippen LogP contribution in [0.15, 0.2) is 182 Å². The number of allylic oxidation sites excluding steroid dienone is 2. The van der Waals surface area contributed by atoms with Gasteiger partial charge in [-0.2, -0.15) is 0 Å². The van der Waals surface area contributed by atoms with Crippen LogP contribution in [0.5, 0.6) is 0 Å². The van der Waals surface area contributed by atoms with Crippen molar-refractivity contribution < 1.29 is 0 Å². The number of anilines is 2.